The molecule has 7 heteroatoms. The van der Waals surface area contributed by atoms with Crippen molar-refractivity contribution in [2.24, 2.45) is 5.92 Å². The SMILES string of the molecule is CC(C)C[C@H](C(=O)OCc1cc(-c2ccccc2)on1)N1C(=O)c2ccccc2C1=O. The Kier molecular flexibility index (Phi) is 5.66. The molecule has 0 unspecified atom stereocenters. The molecule has 0 N–H and O–H groups in total. The Morgan fingerprint density at radius 2 is 1.61 bits per heavy atom. The van der Waals surface area contributed by atoms with Crippen molar-refractivity contribution in [1.29, 1.82) is 0 Å². The number of fused-ring (bicyclic) bond motifs is 1. The first-order valence-electron chi connectivity index (χ1n) is 10.1. The number of carbonyl (C=O) groups excluding carboxylic acids is 3. The van der Waals surface area contributed by atoms with Crippen LogP contribution in [0.2, 0.25) is 0 Å². The van der Waals surface area contributed by atoms with Gasteiger partial charge in [-0.25, -0.2) is 4.79 Å². The van der Waals surface area contributed by atoms with Crippen LogP contribution in [0.25, 0.3) is 11.3 Å². The van der Waals surface area contributed by atoms with Crippen molar-refractivity contribution in [1.82, 2.24) is 10.1 Å². The molecule has 3 aromatic rings. The highest BCUT2D eigenvalue weighted by Gasteiger charge is 2.43. The molecule has 31 heavy (non-hydrogen) atoms. The van der Waals surface area contributed by atoms with Crippen molar-refractivity contribution in [3.05, 3.63) is 77.5 Å². The predicted molar refractivity (Wildman–Crippen MR) is 112 cm³/mol. The molecule has 0 radical (unpaired) electrons. The van der Waals surface area contributed by atoms with Crippen LogP contribution in [0.5, 0.6) is 0 Å². The lowest BCUT2D eigenvalue weighted by Crippen LogP contribution is -2.46. The van der Waals surface area contributed by atoms with Crippen LogP contribution >= 0.6 is 0 Å². The Morgan fingerprint density at radius 1 is 1.00 bits per heavy atom. The fraction of sp³-hybridized carbons (Fsp3) is 0.250. The first-order valence-corrected chi connectivity index (χ1v) is 10.1. The second-order valence-electron chi connectivity index (χ2n) is 7.83. The Labute approximate surface area is 179 Å². The van der Waals surface area contributed by atoms with Crippen LogP contribution in [0.4, 0.5) is 0 Å². The van der Waals surface area contributed by atoms with Crippen LogP contribution < -0.4 is 0 Å². The van der Waals surface area contributed by atoms with E-state index in [9.17, 15) is 14.4 Å². The van der Waals surface area contributed by atoms with Gasteiger partial charge >= 0.3 is 5.97 Å². The molecule has 0 spiro atoms. The fourth-order valence-electron chi connectivity index (χ4n) is 3.60. The molecular weight excluding hydrogens is 396 g/mol. The summed E-state index contributed by atoms with van der Waals surface area (Å²) < 4.78 is 10.8. The predicted octanol–water partition coefficient (Wildman–Crippen LogP) is 4.10. The number of rotatable bonds is 7. The zero-order valence-corrected chi connectivity index (χ0v) is 17.3. The van der Waals surface area contributed by atoms with E-state index < -0.39 is 23.8 Å². The highest BCUT2D eigenvalue weighted by molar-refractivity contribution is 6.22. The monoisotopic (exact) mass is 418 g/mol. The Balaban J connectivity index is 1.49. The molecule has 0 fully saturated rings. The first-order chi connectivity index (χ1) is 15.0. The van der Waals surface area contributed by atoms with Gasteiger partial charge in [0.05, 0.1) is 11.1 Å². The lowest BCUT2D eigenvalue weighted by Gasteiger charge is -2.25. The number of hydrogen-bond donors (Lipinski definition) is 0. The number of amides is 2. The third-order valence-electron chi connectivity index (χ3n) is 5.08. The van der Waals surface area contributed by atoms with Gasteiger partial charge in [0, 0.05) is 11.6 Å². The summed E-state index contributed by atoms with van der Waals surface area (Å²) in [7, 11) is 0. The first kappa shape index (κ1) is 20.5. The van der Waals surface area contributed by atoms with Crippen molar-refractivity contribution in [3.8, 4) is 11.3 Å². The highest BCUT2D eigenvalue weighted by atomic mass is 16.5. The molecule has 2 heterocycles. The Hall–Kier alpha value is -3.74. The summed E-state index contributed by atoms with van der Waals surface area (Å²) in [6.45, 7) is 3.72. The molecule has 0 saturated heterocycles. The molecule has 1 aliphatic heterocycles. The summed E-state index contributed by atoms with van der Waals surface area (Å²) >= 11 is 0. The number of imide groups is 1. The van der Waals surface area contributed by atoms with Crippen molar-refractivity contribution in [3.63, 3.8) is 0 Å². The van der Waals surface area contributed by atoms with Gasteiger partial charge < -0.3 is 9.26 Å². The molecule has 0 aliphatic carbocycles. The van der Waals surface area contributed by atoms with E-state index in [0.717, 1.165) is 10.5 Å². The molecule has 2 amide bonds. The van der Waals surface area contributed by atoms with Crippen LogP contribution in [0.1, 0.15) is 46.7 Å². The number of benzene rings is 2. The van der Waals surface area contributed by atoms with Gasteiger partial charge in [0.1, 0.15) is 18.3 Å². The molecular formula is C24H22N2O5. The minimum Gasteiger partial charge on any atom is -0.457 e. The van der Waals surface area contributed by atoms with E-state index in [4.69, 9.17) is 9.26 Å². The molecule has 0 bridgehead atoms. The summed E-state index contributed by atoms with van der Waals surface area (Å²) in [4.78, 5) is 39.6. The van der Waals surface area contributed by atoms with Crippen molar-refractivity contribution >= 4 is 17.8 Å². The molecule has 0 saturated carbocycles. The maximum atomic E-state index is 12.9. The third kappa shape index (κ3) is 4.12. The van der Waals surface area contributed by atoms with E-state index >= 15 is 0 Å². The van der Waals surface area contributed by atoms with E-state index in [2.05, 4.69) is 5.16 Å². The van der Waals surface area contributed by atoms with E-state index in [1.54, 1.807) is 30.3 Å². The third-order valence-corrected chi connectivity index (χ3v) is 5.08. The molecule has 4 rings (SSSR count). The average Bonchev–Trinajstić information content (AvgIpc) is 3.35. The minimum atomic E-state index is -1.01. The lowest BCUT2D eigenvalue weighted by atomic mass is 10.0. The Morgan fingerprint density at radius 3 is 2.23 bits per heavy atom. The number of ether oxygens (including phenoxy) is 1. The molecule has 7 nitrogen and oxygen atoms in total. The van der Waals surface area contributed by atoms with E-state index in [1.165, 1.54) is 0 Å². The van der Waals surface area contributed by atoms with E-state index in [1.807, 2.05) is 44.2 Å². The van der Waals surface area contributed by atoms with Crippen LogP contribution in [-0.2, 0) is 16.1 Å². The van der Waals surface area contributed by atoms with Gasteiger partial charge in [0.15, 0.2) is 5.76 Å². The van der Waals surface area contributed by atoms with Gasteiger partial charge in [-0.15, -0.1) is 0 Å². The van der Waals surface area contributed by atoms with Gasteiger partial charge in [0.2, 0.25) is 0 Å². The maximum absolute atomic E-state index is 12.9. The summed E-state index contributed by atoms with van der Waals surface area (Å²) in [5.74, 6) is -0.969. The minimum absolute atomic E-state index is 0.0681. The second kappa shape index (κ2) is 8.55. The van der Waals surface area contributed by atoms with E-state index in [0.29, 0.717) is 29.0 Å². The standard InChI is InChI=1S/C24H22N2O5/c1-15(2)12-20(26-22(27)18-10-6-7-11-19(18)23(26)28)24(29)30-14-17-13-21(31-25-17)16-8-4-3-5-9-16/h3-11,13,15,20H,12,14H2,1-2H3/t20-/m1/s1. The highest BCUT2D eigenvalue weighted by Crippen LogP contribution is 2.28. The number of esters is 1. The van der Waals surface area contributed by atoms with Gasteiger partial charge in [-0.2, -0.15) is 0 Å². The van der Waals surface area contributed by atoms with E-state index in [-0.39, 0.29) is 12.5 Å². The molecule has 1 atom stereocenters. The smallest absolute Gasteiger partial charge is 0.329 e. The lowest BCUT2D eigenvalue weighted by molar-refractivity contribution is -0.150. The quantitative estimate of drug-likeness (QED) is 0.424. The summed E-state index contributed by atoms with van der Waals surface area (Å²) in [5, 5.41) is 3.94. The zero-order valence-electron chi connectivity index (χ0n) is 17.3. The summed E-state index contributed by atoms with van der Waals surface area (Å²) in [6.07, 6.45) is 0.304. The normalized spacial score (nSPS) is 14.1. The largest absolute Gasteiger partial charge is 0.457 e. The fourth-order valence-corrected chi connectivity index (χ4v) is 3.60. The zero-order chi connectivity index (χ0) is 22.0. The van der Waals surface area contributed by atoms with Crippen LogP contribution in [0.15, 0.2) is 65.2 Å². The Bertz CT molecular complexity index is 1080. The molecule has 1 aliphatic rings. The maximum Gasteiger partial charge on any atom is 0.329 e. The molecule has 158 valence electrons. The van der Waals surface area contributed by atoms with Crippen molar-refractivity contribution < 1.29 is 23.6 Å². The van der Waals surface area contributed by atoms with Crippen LogP contribution in [0, 0.1) is 5.92 Å². The number of hydrogen-bond acceptors (Lipinski definition) is 6. The van der Waals surface area contributed by atoms with Crippen LogP contribution in [-0.4, -0.2) is 33.9 Å². The van der Waals surface area contributed by atoms with Crippen molar-refractivity contribution in [2.75, 3.05) is 0 Å². The number of nitrogens with zero attached hydrogens (tertiary/aromatic N) is 2. The summed E-state index contributed by atoms with van der Waals surface area (Å²) in [5.41, 5.74) is 1.91. The van der Waals surface area contributed by atoms with Gasteiger partial charge in [-0.05, 0) is 24.5 Å². The average molecular weight is 418 g/mol. The molecule has 1 aromatic heterocycles. The van der Waals surface area contributed by atoms with Crippen molar-refractivity contribution in [2.45, 2.75) is 32.9 Å². The van der Waals surface area contributed by atoms with Gasteiger partial charge in [0.25, 0.3) is 11.8 Å². The van der Waals surface area contributed by atoms with Gasteiger partial charge in [-0.1, -0.05) is 61.5 Å². The van der Waals surface area contributed by atoms with Gasteiger partial charge in [-0.3, -0.25) is 14.5 Å². The number of carbonyl (C=O) groups is 3. The topological polar surface area (TPSA) is 89.7 Å². The molecule has 2 aromatic carbocycles. The van der Waals surface area contributed by atoms with Crippen LogP contribution in [0.3, 0.4) is 0 Å². The summed E-state index contributed by atoms with van der Waals surface area (Å²) in [6, 6.07) is 16.7. The second-order valence-corrected chi connectivity index (χ2v) is 7.83. The number of aromatic nitrogens is 1.